The van der Waals surface area contributed by atoms with E-state index in [0.29, 0.717) is 25.3 Å². The van der Waals surface area contributed by atoms with E-state index in [4.69, 9.17) is 13.9 Å². The second-order valence-corrected chi connectivity index (χ2v) is 8.92. The predicted octanol–water partition coefficient (Wildman–Crippen LogP) is 6.01. The number of rotatable bonds is 9. The van der Waals surface area contributed by atoms with Crippen LogP contribution in [-0.2, 0) is 27.8 Å². The predicted molar refractivity (Wildman–Crippen MR) is 130 cm³/mol. The number of carbonyl (C=O) groups excluding carboxylic acids is 1. The van der Waals surface area contributed by atoms with Crippen LogP contribution in [0.4, 0.5) is 0 Å². The molecule has 0 N–H and O–H groups in total. The summed E-state index contributed by atoms with van der Waals surface area (Å²) in [5, 5.41) is 3.98. The lowest BCUT2D eigenvalue weighted by Crippen LogP contribution is -2.35. The summed E-state index contributed by atoms with van der Waals surface area (Å²) in [6, 6.07) is 19.7. The number of thiophene rings is 1. The normalized spacial score (nSPS) is 12.8. The monoisotopic (exact) mass is 461 g/mol. The quantitative estimate of drug-likeness (QED) is 0.286. The maximum atomic E-state index is 12.5. The number of hydrogen-bond donors (Lipinski definition) is 0. The van der Waals surface area contributed by atoms with E-state index in [2.05, 4.69) is 4.98 Å². The number of methoxy groups -OCH3 is 1. The summed E-state index contributed by atoms with van der Waals surface area (Å²) in [6.07, 6.45) is 1.21. The number of oxazole rings is 1. The molecule has 33 heavy (non-hydrogen) atoms. The molecule has 5 nitrogen and oxygen atoms in total. The van der Waals surface area contributed by atoms with Crippen molar-refractivity contribution < 1.29 is 18.7 Å². The molecule has 2 aromatic heterocycles. The highest BCUT2D eigenvalue weighted by Gasteiger charge is 2.37. The van der Waals surface area contributed by atoms with E-state index in [1.165, 1.54) is 7.11 Å². The van der Waals surface area contributed by atoms with Crippen molar-refractivity contribution in [3.05, 3.63) is 94.0 Å². The van der Waals surface area contributed by atoms with Crippen molar-refractivity contribution in [1.29, 1.82) is 0 Å². The molecule has 0 saturated heterocycles. The van der Waals surface area contributed by atoms with E-state index in [1.807, 2.05) is 85.3 Å². The molecule has 2 heterocycles. The van der Waals surface area contributed by atoms with Gasteiger partial charge in [-0.05, 0) is 72.5 Å². The summed E-state index contributed by atoms with van der Waals surface area (Å²) >= 11 is 1.58. The van der Waals surface area contributed by atoms with Crippen LogP contribution in [0, 0.1) is 6.92 Å². The Labute approximate surface area is 198 Å². The maximum absolute atomic E-state index is 12.5. The molecule has 0 saturated carbocycles. The first-order valence-corrected chi connectivity index (χ1v) is 11.8. The molecule has 0 fully saturated rings. The Hall–Kier alpha value is -3.38. The highest BCUT2D eigenvalue weighted by atomic mass is 32.1. The molecule has 2 aromatic carbocycles. The number of benzene rings is 2. The average Bonchev–Trinajstić information content (AvgIpc) is 3.51. The molecule has 0 spiro atoms. The minimum Gasteiger partial charge on any atom is -0.493 e. The molecular weight excluding hydrogens is 434 g/mol. The molecule has 0 amide bonds. The van der Waals surface area contributed by atoms with E-state index in [9.17, 15) is 4.79 Å². The number of aromatic nitrogens is 1. The summed E-state index contributed by atoms with van der Waals surface area (Å²) in [4.78, 5) is 17.2. The lowest BCUT2D eigenvalue weighted by atomic mass is 9.78. The van der Waals surface area contributed by atoms with Crippen molar-refractivity contribution in [1.82, 2.24) is 4.98 Å². The molecule has 4 rings (SSSR count). The van der Waals surface area contributed by atoms with Gasteiger partial charge in [-0.25, -0.2) is 4.98 Å². The van der Waals surface area contributed by atoms with E-state index in [1.54, 1.807) is 11.3 Å². The van der Waals surface area contributed by atoms with Gasteiger partial charge in [0, 0.05) is 12.0 Å². The van der Waals surface area contributed by atoms with E-state index in [0.717, 1.165) is 33.9 Å². The fourth-order valence-electron chi connectivity index (χ4n) is 3.84. The number of carbonyl (C=O) groups is 1. The molecule has 0 aliphatic carbocycles. The summed E-state index contributed by atoms with van der Waals surface area (Å²) < 4.78 is 16.9. The molecule has 1 atom stereocenters. The van der Waals surface area contributed by atoms with Crippen LogP contribution >= 0.6 is 11.3 Å². The Balaban J connectivity index is 1.37. The lowest BCUT2D eigenvalue weighted by Gasteiger charge is -2.26. The molecular formula is C27H27NO4S. The van der Waals surface area contributed by atoms with Crippen LogP contribution in [0.5, 0.6) is 5.75 Å². The summed E-state index contributed by atoms with van der Waals surface area (Å²) in [7, 11) is 1.43. The Kier molecular flexibility index (Phi) is 6.94. The minimum absolute atomic E-state index is 0.237. The van der Waals surface area contributed by atoms with Gasteiger partial charge in [0.2, 0.25) is 5.89 Å². The zero-order chi connectivity index (χ0) is 23.3. The lowest BCUT2D eigenvalue weighted by molar-refractivity contribution is -0.146. The first-order valence-electron chi connectivity index (χ1n) is 10.8. The molecule has 0 aliphatic heterocycles. The Morgan fingerprint density at radius 2 is 1.85 bits per heavy atom. The number of ether oxygens (including phenoxy) is 2. The first-order chi connectivity index (χ1) is 16.0. The van der Waals surface area contributed by atoms with Crippen molar-refractivity contribution in [3.8, 4) is 17.2 Å². The average molecular weight is 462 g/mol. The Morgan fingerprint density at radius 3 is 2.52 bits per heavy atom. The molecule has 0 bridgehead atoms. The largest absolute Gasteiger partial charge is 0.493 e. The van der Waals surface area contributed by atoms with Gasteiger partial charge in [0.15, 0.2) is 0 Å². The smallest absolute Gasteiger partial charge is 0.316 e. The van der Waals surface area contributed by atoms with Crippen molar-refractivity contribution >= 4 is 17.3 Å². The van der Waals surface area contributed by atoms with Gasteiger partial charge in [0.1, 0.15) is 11.5 Å². The second kappa shape index (κ2) is 10.0. The van der Waals surface area contributed by atoms with Crippen LogP contribution in [-0.4, -0.2) is 24.7 Å². The van der Waals surface area contributed by atoms with Crippen LogP contribution in [0.2, 0.25) is 0 Å². The van der Waals surface area contributed by atoms with Crippen LogP contribution in [0.15, 0.2) is 75.8 Å². The summed E-state index contributed by atoms with van der Waals surface area (Å²) in [6.45, 7) is 4.35. The molecule has 0 radical (unpaired) electrons. The van der Waals surface area contributed by atoms with Crippen molar-refractivity contribution in [3.63, 3.8) is 0 Å². The zero-order valence-corrected chi connectivity index (χ0v) is 19.9. The Morgan fingerprint density at radius 1 is 1.09 bits per heavy atom. The standard InChI is InChI=1S/C27H27NO4S/c1-19-24(28-25(32-19)21-7-5-4-6-8-21)13-15-31-23-11-9-20(10-12-23)17-27(2,26(29)30-3)22-14-16-33-18-22/h4-12,14,16,18H,13,15,17H2,1-3H3. The van der Waals surface area contributed by atoms with Gasteiger partial charge in [-0.1, -0.05) is 30.3 Å². The van der Waals surface area contributed by atoms with Crippen LogP contribution in [0.25, 0.3) is 11.5 Å². The van der Waals surface area contributed by atoms with Crippen LogP contribution in [0.3, 0.4) is 0 Å². The van der Waals surface area contributed by atoms with Gasteiger partial charge < -0.3 is 13.9 Å². The van der Waals surface area contributed by atoms with Gasteiger partial charge in [0.05, 0.1) is 24.8 Å². The number of hydrogen-bond acceptors (Lipinski definition) is 6. The molecule has 1 unspecified atom stereocenters. The van der Waals surface area contributed by atoms with E-state index in [-0.39, 0.29) is 5.97 Å². The van der Waals surface area contributed by atoms with Crippen molar-refractivity contribution in [2.24, 2.45) is 0 Å². The van der Waals surface area contributed by atoms with E-state index < -0.39 is 5.41 Å². The van der Waals surface area contributed by atoms with Crippen molar-refractivity contribution in [2.75, 3.05) is 13.7 Å². The zero-order valence-electron chi connectivity index (χ0n) is 19.0. The maximum Gasteiger partial charge on any atom is 0.316 e. The third kappa shape index (κ3) is 5.17. The Bertz CT molecular complexity index is 1180. The number of nitrogens with zero attached hydrogens (tertiary/aromatic N) is 1. The minimum atomic E-state index is -0.724. The van der Waals surface area contributed by atoms with E-state index >= 15 is 0 Å². The number of aryl methyl sites for hydroxylation is 1. The third-order valence-corrected chi connectivity index (χ3v) is 6.48. The fraction of sp³-hybridized carbons (Fsp3) is 0.259. The van der Waals surface area contributed by atoms with Crippen LogP contribution < -0.4 is 4.74 Å². The van der Waals surface area contributed by atoms with Gasteiger partial charge >= 0.3 is 5.97 Å². The van der Waals surface area contributed by atoms with Crippen molar-refractivity contribution in [2.45, 2.75) is 32.1 Å². The second-order valence-electron chi connectivity index (χ2n) is 8.14. The molecule has 170 valence electrons. The van der Waals surface area contributed by atoms with Gasteiger partial charge in [-0.15, -0.1) is 0 Å². The summed E-state index contributed by atoms with van der Waals surface area (Å²) in [5.41, 5.74) is 3.15. The van der Waals surface area contributed by atoms with Gasteiger partial charge in [-0.2, -0.15) is 11.3 Å². The molecule has 6 heteroatoms. The third-order valence-electron chi connectivity index (χ3n) is 5.80. The SMILES string of the molecule is COC(=O)C(C)(Cc1ccc(OCCc2nc(-c3ccccc3)oc2C)cc1)c1ccsc1. The van der Waals surface area contributed by atoms with Gasteiger partial charge in [0.25, 0.3) is 0 Å². The topological polar surface area (TPSA) is 61.6 Å². The van der Waals surface area contributed by atoms with Gasteiger partial charge in [-0.3, -0.25) is 4.79 Å². The summed E-state index contributed by atoms with van der Waals surface area (Å²) in [5.74, 6) is 1.98. The molecule has 0 aliphatic rings. The first kappa shape index (κ1) is 22.8. The fourth-order valence-corrected chi connectivity index (χ4v) is 4.63. The number of esters is 1. The van der Waals surface area contributed by atoms with Crippen LogP contribution in [0.1, 0.15) is 29.5 Å². The highest BCUT2D eigenvalue weighted by Crippen LogP contribution is 2.32. The highest BCUT2D eigenvalue weighted by molar-refractivity contribution is 7.08. The molecule has 4 aromatic rings.